The van der Waals surface area contributed by atoms with Gasteiger partial charge in [0.1, 0.15) is 0 Å². The average Bonchev–Trinajstić information content (AvgIpc) is 3.29. The van der Waals surface area contributed by atoms with Crippen LogP contribution in [0.15, 0.2) is 12.2 Å². The van der Waals surface area contributed by atoms with Crippen LogP contribution in [-0.4, -0.2) is 13.2 Å². The molecule has 0 aromatic rings. The van der Waals surface area contributed by atoms with Crippen LogP contribution < -0.4 is 0 Å². The third-order valence-electron chi connectivity index (χ3n) is 12.9. The van der Waals surface area contributed by atoms with Crippen molar-refractivity contribution in [1.82, 2.24) is 0 Å². The van der Waals surface area contributed by atoms with Crippen molar-refractivity contribution in [2.45, 2.75) is 110 Å². The zero-order valence-electron chi connectivity index (χ0n) is 20.9. The third-order valence-corrected chi connectivity index (χ3v) is 12.9. The first kappa shape index (κ1) is 21.2. The second kappa shape index (κ2) is 7.35. The van der Waals surface area contributed by atoms with Gasteiger partial charge in [-0.05, 0) is 116 Å². The normalized spacial score (nSPS) is 54.8. The van der Waals surface area contributed by atoms with E-state index in [9.17, 15) is 0 Å². The van der Waals surface area contributed by atoms with Crippen LogP contribution in [0, 0.1) is 57.7 Å². The highest BCUT2D eigenvalue weighted by Gasteiger charge is 2.77. The fourth-order valence-corrected chi connectivity index (χ4v) is 11.3. The summed E-state index contributed by atoms with van der Waals surface area (Å²) < 4.78 is 6.31. The van der Waals surface area contributed by atoms with Crippen LogP contribution in [0.4, 0.5) is 0 Å². The van der Waals surface area contributed by atoms with Crippen LogP contribution in [0.25, 0.3) is 0 Å². The average molecular weight is 425 g/mol. The summed E-state index contributed by atoms with van der Waals surface area (Å²) in [7, 11) is 2.03. The predicted molar refractivity (Wildman–Crippen MR) is 129 cm³/mol. The molecule has 0 unspecified atom stereocenters. The summed E-state index contributed by atoms with van der Waals surface area (Å²) in [6.07, 6.45) is 25.0. The topological polar surface area (TPSA) is 9.23 Å². The second-order valence-corrected chi connectivity index (χ2v) is 13.6. The first-order chi connectivity index (χ1) is 14.9. The molecule has 6 aliphatic rings. The summed E-state index contributed by atoms with van der Waals surface area (Å²) in [5.41, 5.74) is 1.72. The Hall–Kier alpha value is -0.300. The zero-order chi connectivity index (χ0) is 21.4. The number of fused-ring (bicyclic) bond motifs is 4. The van der Waals surface area contributed by atoms with E-state index in [0.29, 0.717) is 22.3 Å². The van der Waals surface area contributed by atoms with Crippen LogP contribution in [-0.2, 0) is 4.74 Å². The summed E-state index contributed by atoms with van der Waals surface area (Å²) in [4.78, 5) is 0. The van der Waals surface area contributed by atoms with Crippen molar-refractivity contribution in [3.05, 3.63) is 12.2 Å². The second-order valence-electron chi connectivity index (χ2n) is 13.6. The summed E-state index contributed by atoms with van der Waals surface area (Å²) in [5, 5.41) is 0. The van der Waals surface area contributed by atoms with E-state index in [4.69, 9.17) is 4.74 Å². The van der Waals surface area contributed by atoms with Gasteiger partial charge in [0.05, 0.1) is 6.10 Å². The summed E-state index contributed by atoms with van der Waals surface area (Å²) in [6, 6.07) is 0. The van der Waals surface area contributed by atoms with E-state index in [1.165, 1.54) is 83.5 Å². The minimum absolute atomic E-state index is 0.552. The van der Waals surface area contributed by atoms with Crippen LogP contribution in [0.2, 0.25) is 0 Å². The van der Waals surface area contributed by atoms with Crippen molar-refractivity contribution >= 4 is 0 Å². The monoisotopic (exact) mass is 424 g/mol. The highest BCUT2D eigenvalue weighted by molar-refractivity contribution is 5.26. The zero-order valence-corrected chi connectivity index (χ0v) is 20.9. The summed E-state index contributed by atoms with van der Waals surface area (Å²) >= 11 is 0. The highest BCUT2D eigenvalue weighted by atomic mass is 16.5. The van der Waals surface area contributed by atoms with Gasteiger partial charge in [-0.25, -0.2) is 0 Å². The quantitative estimate of drug-likeness (QED) is 0.415. The molecule has 0 aromatic carbocycles. The maximum atomic E-state index is 6.31. The maximum Gasteiger partial charge on any atom is 0.0638 e. The molecule has 6 rings (SSSR count). The van der Waals surface area contributed by atoms with Gasteiger partial charge in [0.2, 0.25) is 0 Å². The Morgan fingerprint density at radius 2 is 1.71 bits per heavy atom. The Labute approximate surface area is 192 Å². The Balaban J connectivity index is 1.22. The van der Waals surface area contributed by atoms with Crippen LogP contribution in [0.1, 0.15) is 104 Å². The van der Waals surface area contributed by atoms with Crippen molar-refractivity contribution in [3.8, 4) is 0 Å². The van der Waals surface area contributed by atoms with Crippen molar-refractivity contribution in [1.29, 1.82) is 0 Å². The number of allylic oxidation sites excluding steroid dienone is 2. The lowest BCUT2D eigenvalue weighted by molar-refractivity contribution is -0.160. The van der Waals surface area contributed by atoms with Crippen molar-refractivity contribution < 1.29 is 4.74 Å². The Morgan fingerprint density at radius 3 is 2.45 bits per heavy atom. The van der Waals surface area contributed by atoms with Crippen molar-refractivity contribution in [2.75, 3.05) is 7.11 Å². The number of ether oxygens (including phenoxy) is 1. The molecule has 174 valence electrons. The standard InChI is InChI=1S/C30H48O/c1-20(10-11-21-8-6-5-7-9-21)24-12-13-25-23-18-27(31-4)30-19-22(30)14-17-29(30,3)26(23)15-16-28(24,25)2/h10-11,20-27H,5-9,12-19H2,1-4H3/b11-10-/t20-,22-,23+,24-,25+,26+,27-,28-,29-,30+/m1/s1. The first-order valence-corrected chi connectivity index (χ1v) is 14.1. The lowest BCUT2D eigenvalue weighted by Crippen LogP contribution is -2.57. The van der Waals surface area contributed by atoms with Gasteiger partial charge in [-0.15, -0.1) is 0 Å². The van der Waals surface area contributed by atoms with E-state index in [1.807, 2.05) is 7.11 Å². The van der Waals surface area contributed by atoms with Gasteiger partial charge in [0.15, 0.2) is 0 Å². The van der Waals surface area contributed by atoms with E-state index >= 15 is 0 Å². The summed E-state index contributed by atoms with van der Waals surface area (Å²) in [6.45, 7) is 8.00. The Bertz CT molecular complexity index is 720. The van der Waals surface area contributed by atoms with Gasteiger partial charge in [-0.3, -0.25) is 0 Å². The molecule has 0 N–H and O–H groups in total. The van der Waals surface area contributed by atoms with Gasteiger partial charge in [0, 0.05) is 12.5 Å². The number of hydrogen-bond donors (Lipinski definition) is 0. The largest absolute Gasteiger partial charge is 0.381 e. The van der Waals surface area contributed by atoms with Crippen LogP contribution in [0.5, 0.6) is 0 Å². The maximum absolute atomic E-state index is 6.31. The van der Waals surface area contributed by atoms with E-state index < -0.39 is 0 Å². The van der Waals surface area contributed by atoms with E-state index in [2.05, 4.69) is 32.9 Å². The lowest BCUT2D eigenvalue weighted by atomic mass is 9.45. The third kappa shape index (κ3) is 2.83. The lowest BCUT2D eigenvalue weighted by Gasteiger charge is -2.61. The van der Waals surface area contributed by atoms with E-state index in [-0.39, 0.29) is 0 Å². The van der Waals surface area contributed by atoms with Gasteiger partial charge in [-0.1, -0.05) is 52.2 Å². The molecule has 0 heterocycles. The molecule has 6 aliphatic carbocycles. The molecule has 0 radical (unpaired) electrons. The number of methoxy groups -OCH3 is 1. The molecule has 10 atom stereocenters. The number of rotatable bonds is 4. The minimum atomic E-state index is 0.552. The molecule has 0 aromatic heterocycles. The van der Waals surface area contributed by atoms with E-state index in [0.717, 1.165) is 41.4 Å². The Morgan fingerprint density at radius 1 is 0.903 bits per heavy atom. The molecule has 1 spiro atoms. The predicted octanol–water partition coefficient (Wildman–Crippen LogP) is 8.04. The Kier molecular flexibility index (Phi) is 5.04. The molecule has 1 nitrogen and oxygen atoms in total. The van der Waals surface area contributed by atoms with Crippen molar-refractivity contribution in [3.63, 3.8) is 0 Å². The molecule has 6 saturated carbocycles. The van der Waals surface area contributed by atoms with Crippen LogP contribution >= 0.6 is 0 Å². The summed E-state index contributed by atoms with van der Waals surface area (Å²) in [5.74, 6) is 6.40. The fourth-order valence-electron chi connectivity index (χ4n) is 11.3. The van der Waals surface area contributed by atoms with Gasteiger partial charge in [0.25, 0.3) is 0 Å². The van der Waals surface area contributed by atoms with Gasteiger partial charge < -0.3 is 4.74 Å². The smallest absolute Gasteiger partial charge is 0.0638 e. The molecule has 0 saturated heterocycles. The SMILES string of the molecule is CO[C@@H]1C[C@H]2[C@@H]3CC[C@H]([C@H](C)/C=C\C4CCCCC4)[C@@]3(C)CC[C@@H]2[C@@]2(C)CC[C@@H]3C[C@]312. The molecule has 0 amide bonds. The molecule has 0 bridgehead atoms. The molecule has 31 heavy (non-hydrogen) atoms. The molecule has 1 heteroatoms. The number of hydrogen-bond acceptors (Lipinski definition) is 1. The minimum Gasteiger partial charge on any atom is -0.381 e. The molecule has 0 aliphatic heterocycles. The highest BCUT2D eigenvalue weighted by Crippen LogP contribution is 2.82. The van der Waals surface area contributed by atoms with Gasteiger partial charge in [-0.2, -0.15) is 0 Å². The fraction of sp³-hybridized carbons (Fsp3) is 0.933. The first-order valence-electron chi connectivity index (χ1n) is 14.1. The van der Waals surface area contributed by atoms with Gasteiger partial charge >= 0.3 is 0 Å². The molecule has 6 fully saturated rings. The van der Waals surface area contributed by atoms with Crippen molar-refractivity contribution in [2.24, 2.45) is 57.7 Å². The van der Waals surface area contributed by atoms with E-state index in [1.54, 1.807) is 0 Å². The molecular formula is C30H48O. The molecular weight excluding hydrogens is 376 g/mol. The van der Waals surface area contributed by atoms with Crippen LogP contribution in [0.3, 0.4) is 0 Å².